The molecule has 0 bridgehead atoms. The molecular formula is C22H28N8. The number of rotatable bonds is 6. The van der Waals surface area contributed by atoms with Gasteiger partial charge in [-0.25, -0.2) is 4.98 Å². The van der Waals surface area contributed by atoms with Crippen LogP contribution in [0, 0.1) is 24.2 Å². The summed E-state index contributed by atoms with van der Waals surface area (Å²) in [4.78, 5) is 11.8. The first-order chi connectivity index (χ1) is 14.5. The predicted octanol–water partition coefficient (Wildman–Crippen LogP) is 3.83. The monoisotopic (exact) mass is 404 g/mol. The fourth-order valence-electron chi connectivity index (χ4n) is 4.17. The van der Waals surface area contributed by atoms with E-state index in [0.717, 1.165) is 47.7 Å². The zero-order chi connectivity index (χ0) is 21.1. The van der Waals surface area contributed by atoms with E-state index in [2.05, 4.69) is 56.7 Å². The van der Waals surface area contributed by atoms with Gasteiger partial charge in [-0.3, -0.25) is 15.0 Å². The summed E-state index contributed by atoms with van der Waals surface area (Å²) in [7, 11) is 0. The summed E-state index contributed by atoms with van der Waals surface area (Å²) in [5.74, 6) is 2.72. The van der Waals surface area contributed by atoms with Gasteiger partial charge in [0.2, 0.25) is 0 Å². The third-order valence-electron chi connectivity index (χ3n) is 5.82. The van der Waals surface area contributed by atoms with Crippen molar-refractivity contribution < 1.29 is 0 Å². The van der Waals surface area contributed by atoms with Gasteiger partial charge >= 0.3 is 0 Å². The second-order valence-electron chi connectivity index (χ2n) is 8.20. The van der Waals surface area contributed by atoms with Gasteiger partial charge in [0, 0.05) is 61.0 Å². The highest BCUT2D eigenvalue weighted by molar-refractivity contribution is 5.91. The lowest BCUT2D eigenvalue weighted by Gasteiger charge is -2.42. The van der Waals surface area contributed by atoms with Crippen LogP contribution >= 0.6 is 0 Å². The van der Waals surface area contributed by atoms with Crippen molar-refractivity contribution in [1.29, 1.82) is 5.26 Å². The number of likely N-dealkylation sites (tertiary alicyclic amines) is 1. The summed E-state index contributed by atoms with van der Waals surface area (Å²) in [6.45, 7) is 8.27. The Balaban J connectivity index is 1.58. The van der Waals surface area contributed by atoms with E-state index in [0.29, 0.717) is 30.2 Å². The van der Waals surface area contributed by atoms with Crippen LogP contribution in [0.5, 0.6) is 0 Å². The fraction of sp³-hybridized carbons (Fsp3) is 0.455. The molecule has 0 aliphatic carbocycles. The Labute approximate surface area is 176 Å². The van der Waals surface area contributed by atoms with E-state index in [9.17, 15) is 0 Å². The molecule has 8 nitrogen and oxygen atoms in total. The van der Waals surface area contributed by atoms with Crippen LogP contribution in [0.4, 0.5) is 17.5 Å². The van der Waals surface area contributed by atoms with Crippen molar-refractivity contribution in [2.45, 2.75) is 45.7 Å². The molecule has 156 valence electrons. The van der Waals surface area contributed by atoms with Crippen LogP contribution in [-0.4, -0.2) is 50.2 Å². The minimum atomic E-state index is 0.303. The van der Waals surface area contributed by atoms with Crippen molar-refractivity contribution in [2.75, 3.05) is 23.7 Å². The van der Waals surface area contributed by atoms with Crippen LogP contribution in [0.3, 0.4) is 0 Å². The molecule has 0 saturated carbocycles. The molecule has 4 rings (SSSR count). The highest BCUT2D eigenvalue weighted by Gasteiger charge is 2.31. The number of aromatic nitrogens is 4. The molecule has 4 heterocycles. The molecule has 3 aromatic rings. The molecular weight excluding hydrogens is 376 g/mol. The van der Waals surface area contributed by atoms with Crippen molar-refractivity contribution >= 4 is 28.4 Å². The van der Waals surface area contributed by atoms with Gasteiger partial charge < -0.3 is 10.6 Å². The average molecular weight is 405 g/mol. The maximum Gasteiger partial charge on any atom is 0.153 e. The fourth-order valence-corrected chi connectivity index (χ4v) is 4.17. The number of anilines is 3. The summed E-state index contributed by atoms with van der Waals surface area (Å²) < 4.78 is 0. The van der Waals surface area contributed by atoms with Gasteiger partial charge in [0.1, 0.15) is 11.6 Å². The molecule has 1 fully saturated rings. The standard InChI is InChI=1S/C22H28N8/c1-14-13-30(9-5-7-23)16(3)11-18(14)25-22-17-6-4-8-24-19(17)12-20(27-22)26-21-10-15(2)28-29-21/h4,6,8,10,12,14,16,18H,5,9,11,13H2,1-3H3,(H3,25,26,27,28,29)/t14-,16-,18-/m0/s1. The number of aryl methyl sites for hydroxylation is 1. The number of H-pyrrole nitrogens is 1. The normalized spacial score (nSPS) is 22.0. The third-order valence-corrected chi connectivity index (χ3v) is 5.82. The summed E-state index contributed by atoms with van der Waals surface area (Å²) in [6.07, 6.45) is 3.38. The zero-order valence-corrected chi connectivity index (χ0v) is 17.7. The van der Waals surface area contributed by atoms with Crippen LogP contribution in [0.2, 0.25) is 0 Å². The summed E-state index contributed by atoms with van der Waals surface area (Å²) in [5, 5.41) is 24.1. The number of aromatic amines is 1. The Morgan fingerprint density at radius 1 is 1.30 bits per heavy atom. The van der Waals surface area contributed by atoms with Gasteiger partial charge in [-0.15, -0.1) is 0 Å². The first-order valence-corrected chi connectivity index (χ1v) is 10.5. The first-order valence-electron chi connectivity index (χ1n) is 10.5. The SMILES string of the molecule is Cc1cc(Nc2cc3ncccc3c(N[C@H]3C[C@H](C)N(CCC#N)C[C@@H]3C)n2)n[nH]1. The molecule has 1 aliphatic heterocycles. The number of nitrogens with one attached hydrogen (secondary N) is 3. The van der Waals surface area contributed by atoms with Gasteiger partial charge in [0.25, 0.3) is 0 Å². The number of pyridine rings is 2. The van der Waals surface area contributed by atoms with Crippen molar-refractivity contribution in [3.05, 3.63) is 36.2 Å². The lowest BCUT2D eigenvalue weighted by molar-refractivity contribution is 0.117. The lowest BCUT2D eigenvalue weighted by atomic mass is 9.89. The van der Waals surface area contributed by atoms with E-state index in [4.69, 9.17) is 10.2 Å². The molecule has 30 heavy (non-hydrogen) atoms. The molecule has 0 spiro atoms. The second kappa shape index (κ2) is 8.67. The summed E-state index contributed by atoms with van der Waals surface area (Å²) in [5.41, 5.74) is 1.87. The van der Waals surface area contributed by atoms with Gasteiger partial charge in [0.15, 0.2) is 5.82 Å². The number of nitriles is 1. The van der Waals surface area contributed by atoms with Crippen LogP contribution < -0.4 is 10.6 Å². The van der Waals surface area contributed by atoms with Gasteiger partial charge in [-0.05, 0) is 38.3 Å². The van der Waals surface area contributed by atoms with Crippen LogP contribution in [0.15, 0.2) is 30.5 Å². The minimum absolute atomic E-state index is 0.303. The largest absolute Gasteiger partial charge is 0.366 e. The minimum Gasteiger partial charge on any atom is -0.366 e. The van der Waals surface area contributed by atoms with E-state index >= 15 is 0 Å². The maximum atomic E-state index is 8.91. The topological polar surface area (TPSA) is 106 Å². The molecule has 0 radical (unpaired) electrons. The molecule has 3 aromatic heterocycles. The third kappa shape index (κ3) is 4.36. The molecule has 0 aromatic carbocycles. The van der Waals surface area contributed by atoms with Crippen molar-refractivity contribution in [1.82, 2.24) is 25.1 Å². The van der Waals surface area contributed by atoms with Gasteiger partial charge in [0.05, 0.1) is 11.6 Å². The maximum absolute atomic E-state index is 8.91. The summed E-state index contributed by atoms with van der Waals surface area (Å²) in [6, 6.07) is 10.9. The number of hydrogen-bond acceptors (Lipinski definition) is 7. The molecule has 1 saturated heterocycles. The van der Waals surface area contributed by atoms with E-state index in [-0.39, 0.29) is 0 Å². The van der Waals surface area contributed by atoms with E-state index in [1.807, 2.05) is 25.1 Å². The van der Waals surface area contributed by atoms with E-state index in [1.165, 1.54) is 0 Å². The number of nitrogens with zero attached hydrogens (tertiary/aromatic N) is 5. The highest BCUT2D eigenvalue weighted by Crippen LogP contribution is 2.29. The molecule has 3 atom stereocenters. The van der Waals surface area contributed by atoms with Crippen molar-refractivity contribution in [3.63, 3.8) is 0 Å². The quantitative estimate of drug-likeness (QED) is 0.573. The highest BCUT2D eigenvalue weighted by atomic mass is 15.2. The van der Waals surface area contributed by atoms with Gasteiger partial charge in [-0.2, -0.15) is 10.4 Å². The Morgan fingerprint density at radius 2 is 2.17 bits per heavy atom. The first kappa shape index (κ1) is 20.1. The Kier molecular flexibility index (Phi) is 5.81. The second-order valence-corrected chi connectivity index (χ2v) is 8.20. The lowest BCUT2D eigenvalue weighted by Crippen LogP contribution is -2.50. The van der Waals surface area contributed by atoms with Crippen LogP contribution in [0.1, 0.15) is 32.4 Å². The van der Waals surface area contributed by atoms with Crippen LogP contribution in [-0.2, 0) is 0 Å². The number of piperidine rings is 1. The molecule has 3 N–H and O–H groups in total. The average Bonchev–Trinajstić information content (AvgIpc) is 3.14. The Hall–Kier alpha value is -3.18. The smallest absolute Gasteiger partial charge is 0.153 e. The predicted molar refractivity (Wildman–Crippen MR) is 119 cm³/mol. The number of fused-ring (bicyclic) bond motifs is 1. The number of hydrogen-bond donors (Lipinski definition) is 3. The van der Waals surface area contributed by atoms with Crippen molar-refractivity contribution in [3.8, 4) is 6.07 Å². The van der Waals surface area contributed by atoms with E-state index < -0.39 is 0 Å². The Bertz CT molecular complexity index is 1050. The molecule has 1 aliphatic rings. The molecule has 0 amide bonds. The Morgan fingerprint density at radius 3 is 2.93 bits per heavy atom. The van der Waals surface area contributed by atoms with Gasteiger partial charge in [-0.1, -0.05) is 6.92 Å². The van der Waals surface area contributed by atoms with Crippen molar-refractivity contribution in [2.24, 2.45) is 5.92 Å². The van der Waals surface area contributed by atoms with Crippen LogP contribution in [0.25, 0.3) is 10.9 Å². The molecule has 0 unspecified atom stereocenters. The van der Waals surface area contributed by atoms with E-state index in [1.54, 1.807) is 6.20 Å². The zero-order valence-electron chi connectivity index (χ0n) is 17.7. The molecule has 8 heteroatoms. The summed E-state index contributed by atoms with van der Waals surface area (Å²) >= 11 is 0.